The van der Waals surface area contributed by atoms with Crippen LogP contribution in [0.5, 0.6) is 0 Å². The molecule has 4 aromatic rings. The van der Waals surface area contributed by atoms with E-state index in [1.807, 2.05) is 60.0 Å². The van der Waals surface area contributed by atoms with Crippen LogP contribution < -0.4 is 5.32 Å². The van der Waals surface area contributed by atoms with Gasteiger partial charge < -0.3 is 5.32 Å². The zero-order chi connectivity index (χ0) is 18.3. The summed E-state index contributed by atoms with van der Waals surface area (Å²) < 4.78 is 2.70. The van der Waals surface area contributed by atoms with Gasteiger partial charge in [-0.05, 0) is 24.6 Å². The van der Waals surface area contributed by atoms with Crippen LogP contribution in [0, 0.1) is 6.92 Å². The van der Waals surface area contributed by atoms with Crippen molar-refractivity contribution in [3.05, 3.63) is 74.5 Å². The molecule has 7 heteroatoms. The van der Waals surface area contributed by atoms with Crippen LogP contribution in [-0.4, -0.2) is 15.3 Å². The van der Waals surface area contributed by atoms with Gasteiger partial charge in [0.25, 0.3) is 5.91 Å². The number of anilines is 1. The molecule has 130 valence electrons. The topological polar surface area (TPSA) is 46.4 Å². The molecule has 0 spiro atoms. The van der Waals surface area contributed by atoms with Gasteiger partial charge in [-0.3, -0.25) is 9.20 Å². The average molecular weight is 402 g/mol. The maximum atomic E-state index is 12.8. The molecule has 0 saturated heterocycles. The van der Waals surface area contributed by atoms with Gasteiger partial charge in [-0.1, -0.05) is 59.6 Å². The van der Waals surface area contributed by atoms with Crippen molar-refractivity contribution >= 4 is 51.9 Å². The lowest BCUT2D eigenvalue weighted by molar-refractivity contribution is 0.102. The maximum Gasteiger partial charge on any atom is 0.259 e. The second kappa shape index (κ2) is 6.76. The number of aryl methyl sites for hydroxylation is 1. The number of nitrogens with zero attached hydrogens (tertiary/aromatic N) is 2. The van der Waals surface area contributed by atoms with Gasteiger partial charge in [-0.2, -0.15) is 0 Å². The van der Waals surface area contributed by atoms with E-state index in [0.29, 0.717) is 25.7 Å². The van der Waals surface area contributed by atoms with E-state index in [0.717, 1.165) is 28.1 Å². The van der Waals surface area contributed by atoms with Crippen molar-refractivity contribution in [1.29, 1.82) is 0 Å². The monoisotopic (exact) mass is 401 g/mol. The minimum atomic E-state index is -0.321. The summed E-state index contributed by atoms with van der Waals surface area (Å²) in [6, 6.07) is 15.2. The number of thiophene rings is 1. The number of benzene rings is 1. The predicted octanol–water partition coefficient (Wildman–Crippen LogP) is 5.93. The second-order valence-corrected chi connectivity index (χ2v) is 8.04. The lowest BCUT2D eigenvalue weighted by Gasteiger charge is -2.07. The Bertz CT molecular complexity index is 1120. The Morgan fingerprint density at radius 2 is 1.92 bits per heavy atom. The third kappa shape index (κ3) is 2.98. The zero-order valence-corrected chi connectivity index (χ0v) is 16.0. The molecule has 4 nitrogen and oxygen atoms in total. The maximum absolute atomic E-state index is 12.8. The van der Waals surface area contributed by atoms with Crippen LogP contribution in [0.1, 0.15) is 15.9 Å². The predicted molar refractivity (Wildman–Crippen MR) is 108 cm³/mol. The number of nitrogens with one attached hydrogen (secondary N) is 1. The fraction of sp³-hybridized carbons (Fsp3) is 0.0526. The number of hydrogen-bond donors (Lipinski definition) is 1. The average Bonchev–Trinajstić information content (AvgIpc) is 3.17. The number of pyridine rings is 1. The normalized spacial score (nSPS) is 11.0. The first kappa shape index (κ1) is 17.1. The van der Waals surface area contributed by atoms with Crippen molar-refractivity contribution in [1.82, 2.24) is 9.38 Å². The number of halogens is 2. The molecule has 3 heterocycles. The van der Waals surface area contributed by atoms with E-state index in [4.69, 9.17) is 28.2 Å². The molecule has 1 aromatic carbocycles. The number of amides is 1. The highest BCUT2D eigenvalue weighted by Gasteiger charge is 2.20. The Labute approximate surface area is 164 Å². The van der Waals surface area contributed by atoms with Gasteiger partial charge in [0.05, 0.1) is 9.90 Å². The molecule has 26 heavy (non-hydrogen) atoms. The van der Waals surface area contributed by atoms with E-state index in [-0.39, 0.29) is 5.91 Å². The summed E-state index contributed by atoms with van der Waals surface area (Å²) in [5, 5.41) is 2.95. The van der Waals surface area contributed by atoms with Gasteiger partial charge in [0.2, 0.25) is 0 Å². The van der Waals surface area contributed by atoms with E-state index in [1.165, 1.54) is 0 Å². The Hall–Kier alpha value is -2.34. The van der Waals surface area contributed by atoms with Gasteiger partial charge in [0.15, 0.2) is 0 Å². The SMILES string of the molecule is Cc1cccn2c(NC(=O)c3cc(Cl)sc3Cl)c(-c3ccccc3)nc12. The van der Waals surface area contributed by atoms with Crippen molar-refractivity contribution in [2.24, 2.45) is 0 Å². The molecule has 1 N–H and O–H groups in total. The third-order valence-electron chi connectivity index (χ3n) is 4.03. The molecule has 0 aliphatic carbocycles. The summed E-state index contributed by atoms with van der Waals surface area (Å²) in [5.74, 6) is 0.275. The zero-order valence-electron chi connectivity index (χ0n) is 13.7. The molecule has 0 saturated carbocycles. The number of imidazole rings is 1. The van der Waals surface area contributed by atoms with Crippen LogP contribution in [0.25, 0.3) is 16.9 Å². The van der Waals surface area contributed by atoms with Crippen LogP contribution in [0.15, 0.2) is 54.7 Å². The molecule has 0 aliphatic rings. The molecule has 4 rings (SSSR count). The van der Waals surface area contributed by atoms with Crippen LogP contribution in [0.3, 0.4) is 0 Å². The summed E-state index contributed by atoms with van der Waals surface area (Å²) in [4.78, 5) is 17.5. The Morgan fingerprint density at radius 1 is 1.15 bits per heavy atom. The number of aromatic nitrogens is 2. The first-order chi connectivity index (χ1) is 12.5. The Balaban J connectivity index is 1.86. The Morgan fingerprint density at radius 3 is 2.62 bits per heavy atom. The minimum Gasteiger partial charge on any atom is -0.306 e. The summed E-state index contributed by atoms with van der Waals surface area (Å²) in [6.45, 7) is 1.98. The standard InChI is InChI=1S/C19H13Cl2N3OS/c1-11-6-5-9-24-17(11)22-15(12-7-3-2-4-8-12)18(24)23-19(25)13-10-14(20)26-16(13)21/h2-10H,1H3,(H,23,25). The van der Waals surface area contributed by atoms with Gasteiger partial charge in [-0.15, -0.1) is 11.3 Å². The molecular weight excluding hydrogens is 389 g/mol. The second-order valence-electron chi connectivity index (χ2n) is 5.75. The number of fused-ring (bicyclic) bond motifs is 1. The fourth-order valence-corrected chi connectivity index (χ4v) is 4.25. The highest BCUT2D eigenvalue weighted by Crippen LogP contribution is 2.34. The molecule has 3 aromatic heterocycles. The van der Waals surface area contributed by atoms with Crippen molar-refractivity contribution in [3.63, 3.8) is 0 Å². The van der Waals surface area contributed by atoms with Crippen molar-refractivity contribution in [2.45, 2.75) is 6.92 Å². The van der Waals surface area contributed by atoms with Gasteiger partial charge in [0, 0.05) is 11.8 Å². The summed E-state index contributed by atoms with van der Waals surface area (Å²) >= 11 is 13.3. The van der Waals surface area contributed by atoms with Crippen LogP contribution >= 0.6 is 34.5 Å². The van der Waals surface area contributed by atoms with Gasteiger partial charge in [0.1, 0.15) is 21.5 Å². The quantitative estimate of drug-likeness (QED) is 0.462. The lowest BCUT2D eigenvalue weighted by atomic mass is 10.1. The molecule has 0 bridgehead atoms. The number of carbonyl (C=O) groups excluding carboxylic acids is 1. The number of carbonyl (C=O) groups is 1. The van der Waals surface area contributed by atoms with Gasteiger partial charge >= 0.3 is 0 Å². The fourth-order valence-electron chi connectivity index (χ4n) is 2.79. The van der Waals surface area contributed by atoms with Crippen molar-refractivity contribution in [3.8, 4) is 11.3 Å². The van der Waals surface area contributed by atoms with E-state index >= 15 is 0 Å². The molecular formula is C19H13Cl2N3OS. The molecule has 1 amide bonds. The molecule has 0 unspecified atom stereocenters. The van der Waals surface area contributed by atoms with Crippen molar-refractivity contribution in [2.75, 3.05) is 5.32 Å². The van der Waals surface area contributed by atoms with Crippen LogP contribution in [-0.2, 0) is 0 Å². The highest BCUT2D eigenvalue weighted by atomic mass is 35.5. The lowest BCUT2D eigenvalue weighted by Crippen LogP contribution is -2.13. The molecule has 0 aliphatic heterocycles. The largest absolute Gasteiger partial charge is 0.306 e. The van der Waals surface area contributed by atoms with E-state index in [9.17, 15) is 4.79 Å². The van der Waals surface area contributed by atoms with Crippen LogP contribution in [0.4, 0.5) is 5.82 Å². The smallest absolute Gasteiger partial charge is 0.259 e. The van der Waals surface area contributed by atoms with E-state index < -0.39 is 0 Å². The minimum absolute atomic E-state index is 0.321. The highest BCUT2D eigenvalue weighted by molar-refractivity contribution is 7.20. The first-order valence-corrected chi connectivity index (χ1v) is 9.41. The first-order valence-electron chi connectivity index (χ1n) is 7.84. The Kier molecular flexibility index (Phi) is 4.44. The van der Waals surface area contributed by atoms with Crippen molar-refractivity contribution < 1.29 is 4.79 Å². The number of hydrogen-bond acceptors (Lipinski definition) is 3. The summed E-state index contributed by atoms with van der Waals surface area (Å²) in [6.07, 6.45) is 1.87. The molecule has 0 atom stereocenters. The summed E-state index contributed by atoms with van der Waals surface area (Å²) in [7, 11) is 0. The van der Waals surface area contributed by atoms with Crippen LogP contribution in [0.2, 0.25) is 8.67 Å². The van der Waals surface area contributed by atoms with Gasteiger partial charge in [-0.25, -0.2) is 4.98 Å². The van der Waals surface area contributed by atoms with E-state index in [2.05, 4.69) is 5.32 Å². The van der Waals surface area contributed by atoms with E-state index in [1.54, 1.807) is 6.07 Å². The molecule has 0 radical (unpaired) electrons. The summed E-state index contributed by atoms with van der Waals surface area (Å²) in [5.41, 5.74) is 3.77. The third-order valence-corrected chi connectivity index (χ3v) is 5.51. The molecule has 0 fully saturated rings. The number of rotatable bonds is 3.